The van der Waals surface area contributed by atoms with Gasteiger partial charge in [0.2, 0.25) is 0 Å². The van der Waals surface area contributed by atoms with Crippen molar-refractivity contribution in [1.82, 2.24) is 0 Å². The van der Waals surface area contributed by atoms with E-state index in [0.29, 0.717) is 0 Å². The molecule has 0 saturated heterocycles. The topological polar surface area (TPSA) is 102 Å². The van der Waals surface area contributed by atoms with Crippen LogP contribution in [0.5, 0.6) is 0 Å². The molecule has 0 aromatic heterocycles. The third-order valence-corrected chi connectivity index (χ3v) is 2.46. The number of Topliss-reactive ketones (excluding diaryl/α,β-unsaturated/α-hetero) is 6. The molecule has 0 radical (unpaired) electrons. The van der Waals surface area contributed by atoms with Crippen LogP contribution >= 0.6 is 0 Å². The molecule has 0 heterocycles. The molecule has 0 amide bonds. The summed E-state index contributed by atoms with van der Waals surface area (Å²) in [4.78, 5) is 58.9. The van der Waals surface area contributed by atoms with Crippen LogP contribution in [-0.4, -0.2) is 71.8 Å². The van der Waals surface area contributed by atoms with E-state index in [0.717, 1.165) is 0 Å². The summed E-state index contributed by atoms with van der Waals surface area (Å²) in [5.74, 6) is -16.9. The van der Waals surface area contributed by atoms with Gasteiger partial charge in [0.05, 0.1) is 0 Å². The molecule has 0 aliphatic carbocycles. The van der Waals surface area contributed by atoms with Gasteiger partial charge in [0.15, 0.2) is 0 Å². The molecule has 0 aliphatic rings. The predicted octanol–water partition coefficient (Wildman–Crippen LogP) is 4.36. The molecule has 228 valence electrons. The molecule has 40 heavy (non-hydrogen) atoms. The first-order valence-electron chi connectivity index (χ1n) is 7.86. The average molecular weight is 710 g/mol. The molecule has 0 N–H and O–H groups in total. The molecule has 0 rings (SSSR count). The van der Waals surface area contributed by atoms with Gasteiger partial charge in [0.1, 0.15) is 34.7 Å². The first kappa shape index (κ1) is 44.5. The fourth-order valence-corrected chi connectivity index (χ4v) is 0.848. The van der Waals surface area contributed by atoms with E-state index in [2.05, 4.69) is 0 Å². The minimum absolute atomic E-state index is 0. The molecule has 0 unspecified atom stereocenters. The maximum atomic E-state index is 11.3. The van der Waals surface area contributed by atoms with Gasteiger partial charge in [0, 0.05) is 0 Å². The monoisotopic (exact) mass is 710 g/mol. The Labute approximate surface area is 231 Å². The Morgan fingerprint density at radius 2 is 0.350 bits per heavy atom. The van der Waals surface area contributed by atoms with Crippen molar-refractivity contribution < 1.29 is 141 Å². The van der Waals surface area contributed by atoms with Gasteiger partial charge in [-0.1, -0.05) is 0 Å². The molecule has 0 aliphatic heterocycles. The molecular weight excluding hydrogens is 707 g/mol. The number of rotatable bonds is 6. The van der Waals surface area contributed by atoms with Crippen LogP contribution in [0.3, 0.4) is 0 Å². The molecule has 0 aromatic rings. The quantitative estimate of drug-likeness (QED) is 0.231. The number of hydrogen-bond donors (Lipinski definition) is 0. The Bertz CT molecular complexity index is 726. The molecule has 0 aromatic carbocycles. The number of ketones is 6. The van der Waals surface area contributed by atoms with Gasteiger partial charge in [-0.3, -0.25) is 0 Å². The number of hydrogen-bond acceptors (Lipinski definition) is 6. The molecule has 0 saturated carbocycles. The van der Waals surface area contributed by atoms with Crippen molar-refractivity contribution in [3.63, 3.8) is 0 Å². The summed E-state index contributed by atoms with van der Waals surface area (Å²) in [5.41, 5.74) is 0. The third-order valence-electron chi connectivity index (χ3n) is 2.46. The molecule has 0 spiro atoms. The molecule has 0 bridgehead atoms. The van der Waals surface area contributed by atoms with E-state index in [1.54, 1.807) is 0 Å². The average Bonchev–Trinajstić information content (AvgIpc) is 2.64. The summed E-state index contributed by atoms with van der Waals surface area (Å²) < 4.78 is 203. The van der Waals surface area contributed by atoms with E-state index >= 15 is 0 Å². The van der Waals surface area contributed by atoms with Crippen LogP contribution in [0.2, 0.25) is 0 Å². The summed E-state index contributed by atoms with van der Waals surface area (Å²) >= 11 is 0. The number of alkyl halides is 18. The summed E-state index contributed by atoms with van der Waals surface area (Å²) in [6.07, 6.45) is -35.8. The second-order valence-electron chi connectivity index (χ2n) is 5.61. The standard InChI is InChI=1S/3C5HF6O2.Y/c3*6-4(7,8)2(12)1-3(13)5(9,10)11;/h3*1H;/q3*-1;+3. The molecule has 0 atom stereocenters. The Morgan fingerprint density at radius 1 is 0.275 bits per heavy atom. The fraction of sp³-hybridized carbons (Fsp3) is 0.400. The van der Waals surface area contributed by atoms with Gasteiger partial charge < -0.3 is 28.8 Å². The van der Waals surface area contributed by atoms with Crippen molar-refractivity contribution in [1.29, 1.82) is 0 Å². The number of carbonyl (C=O) groups is 6. The fourth-order valence-electron chi connectivity index (χ4n) is 0.848. The zero-order chi connectivity index (χ0) is 32.6. The van der Waals surface area contributed by atoms with Crippen LogP contribution in [0.15, 0.2) is 0 Å². The Hall–Kier alpha value is -2.53. The summed E-state index contributed by atoms with van der Waals surface area (Å²) in [7, 11) is 0. The van der Waals surface area contributed by atoms with Crippen LogP contribution < -0.4 is 0 Å². The molecule has 6 nitrogen and oxygen atoms in total. The van der Waals surface area contributed by atoms with E-state index in [-0.39, 0.29) is 32.7 Å². The zero-order valence-electron chi connectivity index (χ0n) is 17.6. The van der Waals surface area contributed by atoms with Crippen LogP contribution in [0.25, 0.3) is 0 Å². The van der Waals surface area contributed by atoms with Crippen molar-refractivity contribution in [3.8, 4) is 0 Å². The van der Waals surface area contributed by atoms with Gasteiger partial charge in [0.25, 0.3) is 0 Å². The Kier molecular flexibility index (Phi) is 17.2. The Balaban J connectivity index is -0.000000240. The first-order chi connectivity index (χ1) is 16.6. The van der Waals surface area contributed by atoms with E-state index < -0.39 is 91.0 Å². The van der Waals surface area contributed by atoms with Crippen molar-refractivity contribution >= 4 is 34.7 Å². The van der Waals surface area contributed by atoms with Crippen molar-refractivity contribution in [2.45, 2.75) is 37.1 Å². The van der Waals surface area contributed by atoms with Gasteiger partial charge in [-0.15, -0.1) is 0 Å². The Morgan fingerprint density at radius 3 is 0.400 bits per heavy atom. The van der Waals surface area contributed by atoms with Crippen LogP contribution in [0, 0.1) is 19.3 Å². The zero-order valence-corrected chi connectivity index (χ0v) is 20.4. The van der Waals surface area contributed by atoms with Crippen LogP contribution in [0.1, 0.15) is 0 Å². The van der Waals surface area contributed by atoms with Crippen molar-refractivity contribution in [2.75, 3.05) is 0 Å². The SMILES string of the molecule is O=C([CH-]C(=O)C(F)(F)F)C(F)(F)F.O=C([CH-]C(=O)C(F)(F)F)C(F)(F)F.O=C([CH-]C(=O)C(F)(F)F)C(F)(F)F.[Y+3]. The maximum Gasteiger partial charge on any atom is 3.00 e. The van der Waals surface area contributed by atoms with Crippen molar-refractivity contribution in [3.05, 3.63) is 19.3 Å². The number of carbonyl (C=O) groups excluding carboxylic acids is 6. The summed E-state index contributed by atoms with van der Waals surface area (Å²) in [5, 5.41) is 0. The van der Waals surface area contributed by atoms with Crippen LogP contribution in [-0.2, 0) is 61.5 Å². The summed E-state index contributed by atoms with van der Waals surface area (Å²) in [6, 6.07) is 0. The van der Waals surface area contributed by atoms with E-state index in [4.69, 9.17) is 0 Å². The second-order valence-corrected chi connectivity index (χ2v) is 5.61. The molecular formula is C15H3F18O6Y. The summed E-state index contributed by atoms with van der Waals surface area (Å²) in [6.45, 7) is 0. The van der Waals surface area contributed by atoms with Gasteiger partial charge in [-0.25, -0.2) is 19.3 Å². The number of halogens is 18. The molecule has 0 fully saturated rings. The largest absolute Gasteiger partial charge is 3.00 e. The normalized spacial score (nSPS) is 12.2. The first-order valence-corrected chi connectivity index (χ1v) is 7.86. The van der Waals surface area contributed by atoms with E-state index in [1.165, 1.54) is 0 Å². The van der Waals surface area contributed by atoms with E-state index in [1.807, 2.05) is 0 Å². The maximum absolute atomic E-state index is 11.3. The smallest absolute Gasteiger partial charge is 0.324 e. The van der Waals surface area contributed by atoms with Gasteiger partial charge in [-0.2, -0.15) is 79.0 Å². The van der Waals surface area contributed by atoms with Gasteiger partial charge in [-0.05, 0) is 0 Å². The second kappa shape index (κ2) is 15.5. The van der Waals surface area contributed by atoms with Gasteiger partial charge >= 0.3 is 69.8 Å². The third kappa shape index (κ3) is 20.4. The minimum atomic E-state index is -5.46. The molecule has 25 heteroatoms. The van der Waals surface area contributed by atoms with E-state index in [9.17, 15) is 108 Å². The van der Waals surface area contributed by atoms with Crippen molar-refractivity contribution in [2.24, 2.45) is 0 Å². The predicted molar refractivity (Wildman–Crippen MR) is 79.3 cm³/mol. The van der Waals surface area contributed by atoms with Crippen LogP contribution in [0.4, 0.5) is 79.0 Å². The minimum Gasteiger partial charge on any atom is -0.324 e.